The Kier molecular flexibility index (Phi) is 31.9. The van der Waals surface area contributed by atoms with Crippen LogP contribution in [0.5, 0.6) is 0 Å². The molecule has 0 aromatic rings. The normalized spacial score (nSPS) is 21.9. The zero-order valence-electron chi connectivity index (χ0n) is 33.1. The molecule has 0 bridgehead atoms. The predicted molar refractivity (Wildman–Crippen MR) is 208 cm³/mol. The number of aliphatic hydroxyl groups is 5. The molecule has 1 aliphatic rings. The second-order valence-corrected chi connectivity index (χ2v) is 15.5. The van der Waals surface area contributed by atoms with E-state index in [1.165, 1.54) is 141 Å². The first kappa shape index (κ1) is 48.2. The average Bonchev–Trinajstić information content (AvgIpc) is 3.13. The van der Waals surface area contributed by atoms with Crippen LogP contribution >= 0.6 is 0 Å². The van der Waals surface area contributed by atoms with Crippen molar-refractivity contribution in [3.63, 3.8) is 0 Å². The highest BCUT2D eigenvalue weighted by molar-refractivity contribution is 5.76. The van der Waals surface area contributed by atoms with E-state index in [0.717, 1.165) is 38.5 Å². The fourth-order valence-electron chi connectivity index (χ4n) is 7.16. The lowest BCUT2D eigenvalue weighted by molar-refractivity contribution is -0.302. The van der Waals surface area contributed by atoms with E-state index in [0.29, 0.717) is 12.8 Å². The third-order valence-electron chi connectivity index (χ3n) is 10.7. The number of carbonyl (C=O) groups excluding carboxylic acids is 1. The molecule has 1 aliphatic heterocycles. The highest BCUT2D eigenvalue weighted by Crippen LogP contribution is 2.23. The van der Waals surface area contributed by atoms with Gasteiger partial charge in [-0.1, -0.05) is 187 Å². The molecular weight excluding hydrogens is 646 g/mol. The fourth-order valence-corrected chi connectivity index (χ4v) is 7.16. The van der Waals surface area contributed by atoms with Crippen molar-refractivity contribution >= 4 is 5.91 Å². The van der Waals surface area contributed by atoms with E-state index in [1.807, 2.05) is 0 Å². The molecule has 1 heterocycles. The average molecular weight is 730 g/mol. The molecule has 0 spiro atoms. The summed E-state index contributed by atoms with van der Waals surface area (Å²) in [6.07, 6.45) is 28.2. The van der Waals surface area contributed by atoms with Crippen molar-refractivity contribution in [2.75, 3.05) is 13.2 Å². The lowest BCUT2D eigenvalue weighted by atomic mass is 9.99. The summed E-state index contributed by atoms with van der Waals surface area (Å²) >= 11 is 0. The lowest BCUT2D eigenvalue weighted by Crippen LogP contribution is -2.60. The Labute approximate surface area is 313 Å². The van der Waals surface area contributed by atoms with Crippen LogP contribution in [-0.4, -0.2) is 87.5 Å². The summed E-state index contributed by atoms with van der Waals surface area (Å²) in [5.41, 5.74) is 0. The fraction of sp³-hybridized carbons (Fsp3) is 0.976. The number of hydrogen-bond donors (Lipinski definition) is 6. The Morgan fingerprint density at radius 3 is 1.39 bits per heavy atom. The van der Waals surface area contributed by atoms with Crippen LogP contribution in [-0.2, 0) is 14.3 Å². The molecule has 304 valence electrons. The lowest BCUT2D eigenvalue weighted by Gasteiger charge is -2.40. The second-order valence-electron chi connectivity index (χ2n) is 15.5. The van der Waals surface area contributed by atoms with E-state index in [-0.39, 0.29) is 12.5 Å². The maximum Gasteiger partial charge on any atom is 0.220 e. The molecule has 2 unspecified atom stereocenters. The standard InChI is InChI=1S/C42H83NO8/c1-3-5-7-9-11-13-15-17-18-19-20-22-24-26-28-30-32-38(46)43-35(34-50-42-41(49)40(48)39(47)37(33-44)51-42)36(45)31-29-27-25-23-21-16-14-12-10-8-6-4-2/h35-37,39-42,44-45,47-49H,3-34H2,1-2H3,(H,43,46)/t35-,36+,37+,39-,40?,41?,42+/m0/s1. The Bertz CT molecular complexity index is 771. The molecule has 1 saturated heterocycles. The van der Waals surface area contributed by atoms with E-state index < -0.39 is 49.5 Å². The van der Waals surface area contributed by atoms with Crippen LogP contribution in [0.25, 0.3) is 0 Å². The molecule has 0 radical (unpaired) electrons. The zero-order chi connectivity index (χ0) is 37.4. The van der Waals surface area contributed by atoms with Crippen LogP contribution in [0.4, 0.5) is 0 Å². The number of amides is 1. The monoisotopic (exact) mass is 730 g/mol. The minimum atomic E-state index is -1.55. The summed E-state index contributed by atoms with van der Waals surface area (Å²) in [5, 5.41) is 54.2. The minimum absolute atomic E-state index is 0.132. The van der Waals surface area contributed by atoms with Crippen LogP contribution < -0.4 is 5.32 Å². The summed E-state index contributed by atoms with van der Waals surface area (Å²) in [6, 6.07) is -0.710. The van der Waals surface area contributed by atoms with Crippen LogP contribution in [0, 0.1) is 0 Å². The van der Waals surface area contributed by atoms with E-state index in [2.05, 4.69) is 19.2 Å². The molecule has 0 saturated carbocycles. The van der Waals surface area contributed by atoms with Gasteiger partial charge in [0.25, 0.3) is 0 Å². The molecule has 9 heteroatoms. The first-order valence-electron chi connectivity index (χ1n) is 21.7. The van der Waals surface area contributed by atoms with Gasteiger partial charge in [0.15, 0.2) is 6.29 Å². The first-order chi connectivity index (χ1) is 24.8. The third kappa shape index (κ3) is 25.0. The number of aliphatic hydroxyl groups excluding tert-OH is 5. The number of carbonyl (C=O) groups is 1. The summed E-state index contributed by atoms with van der Waals surface area (Å²) in [5.74, 6) is -0.142. The number of ether oxygens (including phenoxy) is 2. The van der Waals surface area contributed by atoms with Crippen molar-refractivity contribution < 1.29 is 39.8 Å². The molecule has 1 rings (SSSR count). The van der Waals surface area contributed by atoms with Crippen LogP contribution in [0.15, 0.2) is 0 Å². The highest BCUT2D eigenvalue weighted by Gasteiger charge is 2.44. The topological polar surface area (TPSA) is 149 Å². The van der Waals surface area contributed by atoms with E-state index >= 15 is 0 Å². The van der Waals surface area contributed by atoms with Gasteiger partial charge < -0.3 is 40.3 Å². The molecule has 0 aliphatic carbocycles. The van der Waals surface area contributed by atoms with Crippen LogP contribution in [0.1, 0.15) is 206 Å². The Morgan fingerprint density at radius 1 is 0.588 bits per heavy atom. The van der Waals surface area contributed by atoms with Crippen LogP contribution in [0.3, 0.4) is 0 Å². The van der Waals surface area contributed by atoms with E-state index in [1.54, 1.807) is 0 Å². The van der Waals surface area contributed by atoms with Crippen molar-refractivity contribution in [1.82, 2.24) is 5.32 Å². The molecule has 0 aromatic carbocycles. The largest absolute Gasteiger partial charge is 0.394 e. The zero-order valence-corrected chi connectivity index (χ0v) is 33.1. The van der Waals surface area contributed by atoms with Gasteiger partial charge in [-0.15, -0.1) is 0 Å². The van der Waals surface area contributed by atoms with Crippen molar-refractivity contribution in [3.05, 3.63) is 0 Å². The van der Waals surface area contributed by atoms with Gasteiger partial charge in [0.05, 0.1) is 25.4 Å². The number of nitrogens with one attached hydrogen (secondary N) is 1. The Hall–Kier alpha value is -0.810. The summed E-state index contributed by atoms with van der Waals surface area (Å²) in [4.78, 5) is 12.9. The minimum Gasteiger partial charge on any atom is -0.394 e. The van der Waals surface area contributed by atoms with Gasteiger partial charge in [0.2, 0.25) is 5.91 Å². The van der Waals surface area contributed by atoms with E-state index in [4.69, 9.17) is 9.47 Å². The molecule has 1 fully saturated rings. The quantitative estimate of drug-likeness (QED) is 0.0353. The smallest absolute Gasteiger partial charge is 0.220 e. The van der Waals surface area contributed by atoms with Crippen LogP contribution in [0.2, 0.25) is 0 Å². The van der Waals surface area contributed by atoms with Gasteiger partial charge in [0.1, 0.15) is 24.4 Å². The van der Waals surface area contributed by atoms with Gasteiger partial charge in [-0.05, 0) is 12.8 Å². The van der Waals surface area contributed by atoms with Crippen molar-refractivity contribution in [1.29, 1.82) is 0 Å². The Morgan fingerprint density at radius 2 is 0.980 bits per heavy atom. The molecule has 7 atom stereocenters. The molecule has 0 aromatic heterocycles. The molecule has 1 amide bonds. The SMILES string of the molecule is CCCCCCCCCCCCCCCCCCC(=O)N[C@@H](CO[C@@H]1O[C@H](CO)[C@H](O)C(O)C1O)[C@H](O)CCCCCCCCCCCCCC. The molecular formula is C42H83NO8. The first-order valence-corrected chi connectivity index (χ1v) is 21.7. The molecule has 9 nitrogen and oxygen atoms in total. The second kappa shape index (κ2) is 33.7. The number of unbranched alkanes of at least 4 members (excludes halogenated alkanes) is 26. The predicted octanol–water partition coefficient (Wildman–Crippen LogP) is 8.39. The van der Waals surface area contributed by atoms with Crippen molar-refractivity contribution in [3.8, 4) is 0 Å². The van der Waals surface area contributed by atoms with Crippen molar-refractivity contribution in [2.24, 2.45) is 0 Å². The molecule has 6 N–H and O–H groups in total. The summed E-state index contributed by atoms with van der Waals surface area (Å²) in [7, 11) is 0. The van der Waals surface area contributed by atoms with E-state index in [9.17, 15) is 30.3 Å². The summed E-state index contributed by atoms with van der Waals surface area (Å²) in [6.45, 7) is 3.83. The van der Waals surface area contributed by atoms with Gasteiger partial charge >= 0.3 is 0 Å². The van der Waals surface area contributed by atoms with Crippen molar-refractivity contribution in [2.45, 2.75) is 249 Å². The molecule has 51 heavy (non-hydrogen) atoms. The van der Waals surface area contributed by atoms with Gasteiger partial charge in [0, 0.05) is 6.42 Å². The number of rotatable bonds is 36. The number of hydrogen-bond acceptors (Lipinski definition) is 8. The Balaban J connectivity index is 2.34. The third-order valence-corrected chi connectivity index (χ3v) is 10.7. The highest BCUT2D eigenvalue weighted by atomic mass is 16.7. The maximum atomic E-state index is 12.9. The van der Waals surface area contributed by atoms with Gasteiger partial charge in [-0.3, -0.25) is 4.79 Å². The summed E-state index contributed by atoms with van der Waals surface area (Å²) < 4.78 is 11.2. The maximum absolute atomic E-state index is 12.9. The van der Waals surface area contributed by atoms with Gasteiger partial charge in [-0.2, -0.15) is 0 Å². The van der Waals surface area contributed by atoms with Gasteiger partial charge in [-0.25, -0.2) is 0 Å².